The summed E-state index contributed by atoms with van der Waals surface area (Å²) in [5, 5.41) is -7.11. The number of rotatable bonds is 6. The van der Waals surface area contributed by atoms with Gasteiger partial charge >= 0.3 is 23.3 Å². The van der Waals surface area contributed by atoms with Crippen molar-refractivity contribution in [3.63, 3.8) is 0 Å². The molecule has 0 amide bonds. The van der Waals surface area contributed by atoms with Crippen molar-refractivity contribution < 1.29 is 52.5 Å². The normalized spacial score (nSPS) is 13.2. The Kier molecular flexibility index (Phi) is 9.27. The Balaban J connectivity index is 0.000000275. The molecular weight excluding hydrogens is 571 g/mol. The van der Waals surface area contributed by atoms with Crippen LogP contribution < -0.4 is 0 Å². The fraction of sp³-hybridized carbons (Fsp3) is 0.250. The average Bonchev–Trinajstić information content (AvgIpc) is 2.81. The SMILES string of the molecule is Cc1ccc([S+](c2ccccc2)c2ccccc2)c(C)c1.O=S(=O)([O-])C(F)(F)C(F)(F)C(F)(F)C(F)(F)F. The highest BCUT2D eigenvalue weighted by atomic mass is 32.2. The second-order valence-corrected chi connectivity index (χ2v) is 11.2. The van der Waals surface area contributed by atoms with E-state index in [0.29, 0.717) is 0 Å². The van der Waals surface area contributed by atoms with Gasteiger partial charge in [0.1, 0.15) is 0 Å². The molecule has 0 aliphatic rings. The summed E-state index contributed by atoms with van der Waals surface area (Å²) >= 11 is 0. The van der Waals surface area contributed by atoms with Gasteiger partial charge in [-0.1, -0.05) is 54.1 Å². The van der Waals surface area contributed by atoms with Crippen molar-refractivity contribution in [2.24, 2.45) is 0 Å². The standard InChI is InChI=1S/C20H19S.C4HF9O3S/c1-16-13-14-20(17(2)15-16)21(18-9-5-3-6-10-18)19-11-7-4-8-12-19;5-1(6,3(9,10)11)2(7,8)4(12,13)17(14,15)16/h3-15H,1-2H3;(H,14,15,16)/q+1;/p-1. The maximum Gasteiger partial charge on any atom is 0.460 e. The van der Waals surface area contributed by atoms with Crippen LogP contribution in [0.4, 0.5) is 39.5 Å². The molecule has 3 rings (SSSR count). The second-order valence-electron chi connectivity index (χ2n) is 7.82. The highest BCUT2D eigenvalue weighted by Crippen LogP contribution is 2.54. The van der Waals surface area contributed by atoms with Crippen LogP contribution >= 0.6 is 0 Å². The Morgan fingerprint density at radius 1 is 0.658 bits per heavy atom. The van der Waals surface area contributed by atoms with E-state index in [1.165, 1.54) is 25.8 Å². The van der Waals surface area contributed by atoms with E-state index < -0.39 is 33.4 Å². The molecule has 0 aromatic heterocycles. The topological polar surface area (TPSA) is 57.2 Å². The molecule has 3 nitrogen and oxygen atoms in total. The number of hydrogen-bond acceptors (Lipinski definition) is 3. The molecule has 0 bridgehead atoms. The zero-order chi connectivity index (χ0) is 29.2. The largest absolute Gasteiger partial charge is 0.743 e. The lowest BCUT2D eigenvalue weighted by Crippen LogP contribution is -2.63. The van der Waals surface area contributed by atoms with Crippen molar-refractivity contribution in [2.45, 2.75) is 51.8 Å². The van der Waals surface area contributed by atoms with Crippen LogP contribution in [-0.4, -0.2) is 36.2 Å². The van der Waals surface area contributed by atoms with Gasteiger partial charge in [0.2, 0.25) is 0 Å². The van der Waals surface area contributed by atoms with Crippen LogP contribution in [0.2, 0.25) is 0 Å². The number of hydrogen-bond donors (Lipinski definition) is 0. The zero-order valence-electron chi connectivity index (χ0n) is 19.4. The van der Waals surface area contributed by atoms with Crippen LogP contribution in [0.5, 0.6) is 0 Å². The maximum atomic E-state index is 12.2. The molecule has 0 N–H and O–H groups in total. The smallest absolute Gasteiger partial charge is 0.460 e. The third-order valence-electron chi connectivity index (χ3n) is 4.94. The van der Waals surface area contributed by atoms with Gasteiger partial charge in [-0.05, 0) is 44.2 Å². The van der Waals surface area contributed by atoms with Crippen LogP contribution in [0.25, 0.3) is 0 Å². The Morgan fingerprint density at radius 3 is 1.42 bits per heavy atom. The summed E-state index contributed by atoms with van der Waals surface area (Å²) in [5.74, 6) is -14.8. The quantitative estimate of drug-likeness (QED) is 0.171. The first kappa shape index (κ1) is 31.5. The lowest BCUT2D eigenvalue weighted by molar-refractivity contribution is -0.382. The number of aryl methyl sites for hydroxylation is 2. The van der Waals surface area contributed by atoms with E-state index in [9.17, 15) is 52.5 Å². The van der Waals surface area contributed by atoms with Crippen LogP contribution in [0.15, 0.2) is 93.5 Å². The molecular formula is C24H19F9O3S2. The molecule has 14 heteroatoms. The summed E-state index contributed by atoms with van der Waals surface area (Å²) in [6.07, 6.45) is -7.16. The molecule has 0 heterocycles. The Morgan fingerprint density at radius 2 is 1.08 bits per heavy atom. The first-order chi connectivity index (χ1) is 17.3. The minimum absolute atomic E-state index is 0.0345. The molecule has 0 saturated heterocycles. The van der Waals surface area contributed by atoms with E-state index in [0.717, 1.165) is 0 Å². The van der Waals surface area contributed by atoms with Crippen LogP contribution in [0.3, 0.4) is 0 Å². The molecule has 38 heavy (non-hydrogen) atoms. The Bertz CT molecular complexity index is 1290. The molecule has 3 aromatic rings. The molecule has 208 valence electrons. The molecule has 0 aliphatic heterocycles. The van der Waals surface area contributed by atoms with E-state index in [1.54, 1.807) is 0 Å². The Hall–Kier alpha value is -2.71. The summed E-state index contributed by atoms with van der Waals surface area (Å²) in [7, 11) is -7.45. The molecule has 0 atom stereocenters. The average molecular weight is 591 g/mol. The van der Waals surface area contributed by atoms with Gasteiger partial charge in [-0.3, -0.25) is 0 Å². The first-order valence-corrected chi connectivity index (χ1v) is 13.0. The predicted molar refractivity (Wildman–Crippen MR) is 122 cm³/mol. The lowest BCUT2D eigenvalue weighted by Gasteiger charge is -2.34. The van der Waals surface area contributed by atoms with Crippen LogP contribution in [0.1, 0.15) is 11.1 Å². The van der Waals surface area contributed by atoms with Gasteiger partial charge in [0.25, 0.3) is 0 Å². The summed E-state index contributed by atoms with van der Waals surface area (Å²) in [5.41, 5.74) is 2.69. The Labute approximate surface area is 215 Å². The van der Waals surface area contributed by atoms with Gasteiger partial charge < -0.3 is 4.55 Å². The van der Waals surface area contributed by atoms with Gasteiger partial charge in [0.05, 0.1) is 10.9 Å². The fourth-order valence-electron chi connectivity index (χ4n) is 3.05. The van der Waals surface area contributed by atoms with E-state index in [-0.39, 0.29) is 10.9 Å². The van der Waals surface area contributed by atoms with Crippen LogP contribution in [0, 0.1) is 13.8 Å². The van der Waals surface area contributed by atoms with Crippen LogP contribution in [-0.2, 0) is 21.0 Å². The number of alkyl halides is 9. The van der Waals surface area contributed by atoms with E-state index >= 15 is 0 Å². The van der Waals surface area contributed by atoms with Gasteiger partial charge in [-0.15, -0.1) is 0 Å². The molecule has 0 fully saturated rings. The summed E-state index contributed by atoms with van der Waals surface area (Å²) in [4.78, 5) is 4.16. The number of halogens is 9. The predicted octanol–water partition coefficient (Wildman–Crippen LogP) is 7.36. The summed E-state index contributed by atoms with van der Waals surface area (Å²) in [6.45, 7) is 4.37. The van der Waals surface area contributed by atoms with Crippen molar-refractivity contribution in [3.8, 4) is 0 Å². The van der Waals surface area contributed by atoms with Crippen molar-refractivity contribution in [1.82, 2.24) is 0 Å². The van der Waals surface area contributed by atoms with Crippen molar-refractivity contribution in [2.75, 3.05) is 0 Å². The van der Waals surface area contributed by atoms with Gasteiger partial charge in [-0.25, -0.2) is 8.42 Å². The molecule has 0 saturated carbocycles. The second kappa shape index (κ2) is 11.2. The number of benzene rings is 3. The minimum Gasteiger partial charge on any atom is -0.743 e. The summed E-state index contributed by atoms with van der Waals surface area (Å²) < 4.78 is 135. The summed E-state index contributed by atoms with van der Waals surface area (Å²) in [6, 6.07) is 28.4. The molecule has 0 radical (unpaired) electrons. The van der Waals surface area contributed by atoms with Gasteiger partial charge in [-0.2, -0.15) is 39.5 Å². The third kappa shape index (κ3) is 6.29. The third-order valence-corrected chi connectivity index (χ3v) is 8.21. The molecule has 0 spiro atoms. The first-order valence-electron chi connectivity index (χ1n) is 10.3. The zero-order valence-corrected chi connectivity index (χ0v) is 21.1. The maximum absolute atomic E-state index is 12.2. The van der Waals surface area contributed by atoms with E-state index in [4.69, 9.17) is 0 Å². The molecule has 0 unspecified atom stereocenters. The molecule has 3 aromatic carbocycles. The van der Waals surface area contributed by atoms with Crippen molar-refractivity contribution in [3.05, 3.63) is 90.0 Å². The van der Waals surface area contributed by atoms with Crippen molar-refractivity contribution in [1.29, 1.82) is 0 Å². The highest BCUT2D eigenvalue weighted by Gasteiger charge is 2.83. The highest BCUT2D eigenvalue weighted by molar-refractivity contribution is 7.97. The van der Waals surface area contributed by atoms with E-state index in [1.807, 2.05) is 0 Å². The monoisotopic (exact) mass is 590 g/mol. The fourth-order valence-corrected chi connectivity index (χ4v) is 5.72. The van der Waals surface area contributed by atoms with Gasteiger partial charge in [0, 0.05) is 5.56 Å². The minimum atomic E-state index is -7.43. The van der Waals surface area contributed by atoms with Crippen molar-refractivity contribution >= 4 is 21.0 Å². The molecule has 0 aliphatic carbocycles. The van der Waals surface area contributed by atoms with E-state index in [2.05, 4.69) is 92.7 Å². The lowest BCUT2D eigenvalue weighted by atomic mass is 10.1. The van der Waals surface area contributed by atoms with Gasteiger partial charge in [0.15, 0.2) is 24.8 Å².